The summed E-state index contributed by atoms with van der Waals surface area (Å²) >= 11 is 0. The van der Waals surface area contributed by atoms with Gasteiger partial charge in [0.1, 0.15) is 0 Å². The van der Waals surface area contributed by atoms with Crippen LogP contribution >= 0.6 is 0 Å². The van der Waals surface area contributed by atoms with Crippen molar-refractivity contribution in [3.05, 3.63) is 35.9 Å². The number of nitrogens with two attached hydrogens (primary N) is 1. The maximum Gasteiger partial charge on any atom is 0.240 e. The first-order chi connectivity index (χ1) is 7.95. The van der Waals surface area contributed by atoms with E-state index in [-0.39, 0.29) is 5.91 Å². The zero-order valence-corrected chi connectivity index (χ0v) is 10.7. The van der Waals surface area contributed by atoms with Gasteiger partial charge in [-0.2, -0.15) is 0 Å². The van der Waals surface area contributed by atoms with E-state index in [2.05, 4.69) is 22.5 Å². The Hall–Kier alpha value is -1.39. The summed E-state index contributed by atoms with van der Waals surface area (Å²) in [6, 6.07) is 10.2. The number of benzene rings is 1. The van der Waals surface area contributed by atoms with Crippen LogP contribution in [0.2, 0.25) is 0 Å². The summed E-state index contributed by atoms with van der Waals surface area (Å²) in [7, 11) is 2.00. The predicted molar refractivity (Wildman–Crippen MR) is 68.9 cm³/mol. The second-order valence-corrected chi connectivity index (χ2v) is 5.02. The molecule has 0 unspecified atom stereocenters. The predicted octanol–water partition coefficient (Wildman–Crippen LogP) is 1.13. The Labute approximate surface area is 103 Å². The molecule has 0 aliphatic heterocycles. The molecule has 0 radical (unpaired) electrons. The molecule has 0 fully saturated rings. The molecule has 3 N–H and O–H groups in total. The SMILES string of the molecule is CN(Cc1ccccc1)CC(C)(C)C(=O)NN. The number of hydrazine groups is 1. The van der Waals surface area contributed by atoms with Crippen molar-refractivity contribution in [2.45, 2.75) is 20.4 Å². The van der Waals surface area contributed by atoms with Gasteiger partial charge < -0.3 is 4.90 Å². The van der Waals surface area contributed by atoms with Crippen LogP contribution in [-0.4, -0.2) is 24.4 Å². The van der Waals surface area contributed by atoms with Crippen molar-refractivity contribution in [2.24, 2.45) is 11.3 Å². The topological polar surface area (TPSA) is 58.4 Å². The fraction of sp³-hybridized carbons (Fsp3) is 0.462. The third-order valence-corrected chi connectivity index (χ3v) is 2.71. The maximum absolute atomic E-state index is 11.6. The highest BCUT2D eigenvalue weighted by molar-refractivity contribution is 5.81. The van der Waals surface area contributed by atoms with Gasteiger partial charge >= 0.3 is 0 Å². The molecule has 4 nitrogen and oxygen atoms in total. The first kappa shape index (κ1) is 13.7. The molecule has 0 saturated carbocycles. The Balaban J connectivity index is 2.55. The van der Waals surface area contributed by atoms with Gasteiger partial charge in [0, 0.05) is 13.1 Å². The van der Waals surface area contributed by atoms with E-state index in [9.17, 15) is 4.79 Å². The molecule has 17 heavy (non-hydrogen) atoms. The van der Waals surface area contributed by atoms with Crippen LogP contribution in [0.4, 0.5) is 0 Å². The Morgan fingerprint density at radius 3 is 2.47 bits per heavy atom. The van der Waals surface area contributed by atoms with Crippen molar-refractivity contribution >= 4 is 5.91 Å². The lowest BCUT2D eigenvalue weighted by Crippen LogP contribution is -2.46. The first-order valence-electron chi connectivity index (χ1n) is 5.69. The van der Waals surface area contributed by atoms with E-state index in [1.165, 1.54) is 5.56 Å². The molecule has 0 spiro atoms. The van der Waals surface area contributed by atoms with Gasteiger partial charge in [0.25, 0.3) is 0 Å². The molecule has 0 heterocycles. The molecular formula is C13H21N3O. The molecule has 0 bridgehead atoms. The van der Waals surface area contributed by atoms with Crippen molar-refractivity contribution in [3.8, 4) is 0 Å². The molecule has 0 aliphatic carbocycles. The third kappa shape index (κ3) is 4.17. The van der Waals surface area contributed by atoms with Gasteiger partial charge in [-0.25, -0.2) is 5.84 Å². The summed E-state index contributed by atoms with van der Waals surface area (Å²) in [5.41, 5.74) is 2.96. The largest absolute Gasteiger partial charge is 0.301 e. The third-order valence-electron chi connectivity index (χ3n) is 2.71. The lowest BCUT2D eigenvalue weighted by atomic mass is 9.92. The Morgan fingerprint density at radius 2 is 1.94 bits per heavy atom. The Morgan fingerprint density at radius 1 is 1.35 bits per heavy atom. The smallest absolute Gasteiger partial charge is 0.240 e. The fourth-order valence-corrected chi connectivity index (χ4v) is 1.89. The number of nitrogens with zero attached hydrogens (tertiary/aromatic N) is 1. The zero-order chi connectivity index (χ0) is 12.9. The molecule has 0 atom stereocenters. The summed E-state index contributed by atoms with van der Waals surface area (Å²) in [4.78, 5) is 13.7. The van der Waals surface area contributed by atoms with Gasteiger partial charge in [-0.3, -0.25) is 10.2 Å². The van der Waals surface area contributed by atoms with Gasteiger partial charge in [0.05, 0.1) is 5.41 Å². The molecule has 1 aromatic carbocycles. The van der Waals surface area contributed by atoms with Crippen LogP contribution in [0.1, 0.15) is 19.4 Å². The van der Waals surface area contributed by atoms with Crippen LogP contribution in [0.15, 0.2) is 30.3 Å². The van der Waals surface area contributed by atoms with Gasteiger partial charge in [-0.15, -0.1) is 0 Å². The van der Waals surface area contributed by atoms with Crippen molar-refractivity contribution in [1.82, 2.24) is 10.3 Å². The van der Waals surface area contributed by atoms with Crippen LogP contribution < -0.4 is 11.3 Å². The van der Waals surface area contributed by atoms with Gasteiger partial charge in [0.15, 0.2) is 0 Å². The minimum absolute atomic E-state index is 0.141. The molecule has 0 saturated heterocycles. The van der Waals surface area contributed by atoms with E-state index in [0.29, 0.717) is 6.54 Å². The maximum atomic E-state index is 11.6. The molecule has 94 valence electrons. The highest BCUT2D eigenvalue weighted by Gasteiger charge is 2.28. The van der Waals surface area contributed by atoms with Crippen molar-refractivity contribution < 1.29 is 4.79 Å². The molecule has 1 aromatic rings. The lowest BCUT2D eigenvalue weighted by Gasteiger charge is -2.28. The van der Waals surface area contributed by atoms with Crippen LogP contribution in [0.5, 0.6) is 0 Å². The Bertz CT molecular complexity index is 362. The highest BCUT2D eigenvalue weighted by atomic mass is 16.2. The lowest BCUT2D eigenvalue weighted by molar-refractivity contribution is -0.130. The fourth-order valence-electron chi connectivity index (χ4n) is 1.89. The number of rotatable bonds is 5. The summed E-state index contributed by atoms with van der Waals surface area (Å²) in [5, 5.41) is 0. The van der Waals surface area contributed by atoms with Crippen LogP contribution in [0.3, 0.4) is 0 Å². The molecule has 4 heteroatoms. The zero-order valence-electron chi connectivity index (χ0n) is 10.7. The van der Waals surface area contributed by atoms with E-state index < -0.39 is 5.41 Å². The average Bonchev–Trinajstić information content (AvgIpc) is 2.28. The highest BCUT2D eigenvalue weighted by Crippen LogP contribution is 2.17. The van der Waals surface area contributed by atoms with E-state index in [0.717, 1.165) is 6.54 Å². The average molecular weight is 235 g/mol. The number of carbonyl (C=O) groups is 1. The molecular weight excluding hydrogens is 214 g/mol. The van der Waals surface area contributed by atoms with Gasteiger partial charge in [0.2, 0.25) is 5.91 Å². The van der Waals surface area contributed by atoms with Crippen molar-refractivity contribution in [3.63, 3.8) is 0 Å². The summed E-state index contributed by atoms with van der Waals surface area (Å²) in [6.07, 6.45) is 0. The van der Waals surface area contributed by atoms with Crippen LogP contribution in [0, 0.1) is 5.41 Å². The number of amides is 1. The number of hydrogen-bond donors (Lipinski definition) is 2. The molecule has 0 aliphatic rings. The summed E-state index contributed by atoms with van der Waals surface area (Å²) in [6.45, 7) is 5.25. The van der Waals surface area contributed by atoms with E-state index in [4.69, 9.17) is 5.84 Å². The second-order valence-electron chi connectivity index (χ2n) is 5.02. The van der Waals surface area contributed by atoms with Crippen LogP contribution in [-0.2, 0) is 11.3 Å². The van der Waals surface area contributed by atoms with Crippen molar-refractivity contribution in [2.75, 3.05) is 13.6 Å². The second kappa shape index (κ2) is 5.80. The minimum atomic E-state index is -0.488. The number of hydrogen-bond acceptors (Lipinski definition) is 3. The summed E-state index contributed by atoms with van der Waals surface area (Å²) in [5.74, 6) is 5.03. The normalized spacial score (nSPS) is 11.6. The van der Waals surface area contributed by atoms with Crippen LogP contribution in [0.25, 0.3) is 0 Å². The summed E-state index contributed by atoms with van der Waals surface area (Å²) < 4.78 is 0. The first-order valence-corrected chi connectivity index (χ1v) is 5.69. The molecule has 1 amide bonds. The van der Waals surface area contributed by atoms with E-state index in [1.807, 2.05) is 39.1 Å². The van der Waals surface area contributed by atoms with Gasteiger partial charge in [-0.05, 0) is 26.5 Å². The van der Waals surface area contributed by atoms with E-state index >= 15 is 0 Å². The van der Waals surface area contributed by atoms with E-state index in [1.54, 1.807) is 0 Å². The van der Waals surface area contributed by atoms with Gasteiger partial charge in [-0.1, -0.05) is 30.3 Å². The standard InChI is InChI=1S/C13H21N3O/c1-13(2,12(17)15-14)10-16(3)9-11-7-5-4-6-8-11/h4-8H,9-10,14H2,1-3H3,(H,15,17). The number of nitrogens with one attached hydrogen (secondary N) is 1. The molecule has 0 aromatic heterocycles. The molecule has 1 rings (SSSR count). The quantitative estimate of drug-likeness (QED) is 0.457. The minimum Gasteiger partial charge on any atom is -0.301 e. The Kier molecular flexibility index (Phi) is 4.66. The van der Waals surface area contributed by atoms with Crippen molar-refractivity contribution in [1.29, 1.82) is 0 Å². The number of carbonyl (C=O) groups excluding carboxylic acids is 1. The monoisotopic (exact) mass is 235 g/mol.